The van der Waals surface area contributed by atoms with Crippen molar-refractivity contribution in [2.75, 3.05) is 0 Å². The average molecular weight is 367 g/mol. The number of rotatable bonds is 1. The van der Waals surface area contributed by atoms with E-state index in [1.807, 2.05) is 6.26 Å². The molecule has 4 atom stereocenters. The molecule has 1 N–H and O–H groups in total. The summed E-state index contributed by atoms with van der Waals surface area (Å²) in [7, 11) is 0. The number of carbonyl (C=O) groups excluding carboxylic acids is 1. The van der Waals surface area contributed by atoms with Crippen LogP contribution in [0.15, 0.2) is 45.8 Å². The lowest BCUT2D eigenvalue weighted by Gasteiger charge is -2.49. The molecule has 0 saturated heterocycles. The Morgan fingerprint density at radius 1 is 1.30 bits per heavy atom. The van der Waals surface area contributed by atoms with E-state index in [4.69, 9.17) is 14.3 Å². The van der Waals surface area contributed by atoms with Gasteiger partial charge < -0.3 is 9.52 Å². The molecule has 1 saturated carbocycles. The number of ketones is 1. The Balaban J connectivity index is 0.000000413. The molecular formula is C23H27O4. The molecule has 4 heteroatoms. The summed E-state index contributed by atoms with van der Waals surface area (Å²) in [5.41, 5.74) is 5.17. The maximum absolute atomic E-state index is 13.1. The van der Waals surface area contributed by atoms with Crippen molar-refractivity contribution >= 4 is 11.8 Å². The Kier molecular flexibility index (Phi) is 4.61. The zero-order valence-corrected chi connectivity index (χ0v) is 16.0. The van der Waals surface area contributed by atoms with Crippen LogP contribution in [0.3, 0.4) is 0 Å². The van der Waals surface area contributed by atoms with Crippen LogP contribution in [0.4, 0.5) is 0 Å². The highest BCUT2D eigenvalue weighted by Gasteiger charge is 2.54. The van der Waals surface area contributed by atoms with Crippen molar-refractivity contribution < 1.29 is 19.1 Å². The maximum Gasteiger partial charge on any atom is 0.300 e. The van der Waals surface area contributed by atoms with Gasteiger partial charge in [0, 0.05) is 30.8 Å². The second-order valence-corrected chi connectivity index (χ2v) is 8.54. The predicted octanol–water partition coefficient (Wildman–Crippen LogP) is 5.08. The monoisotopic (exact) mass is 367 g/mol. The van der Waals surface area contributed by atoms with Crippen LogP contribution in [-0.4, -0.2) is 16.9 Å². The van der Waals surface area contributed by atoms with Gasteiger partial charge in [-0.2, -0.15) is 0 Å². The van der Waals surface area contributed by atoms with E-state index in [1.165, 1.54) is 36.8 Å². The molecule has 1 fully saturated rings. The van der Waals surface area contributed by atoms with Crippen molar-refractivity contribution in [1.29, 1.82) is 0 Å². The molecule has 1 aromatic heterocycles. The summed E-state index contributed by atoms with van der Waals surface area (Å²) in [6.45, 7) is 3.46. The first-order valence-corrected chi connectivity index (χ1v) is 9.97. The lowest BCUT2D eigenvalue weighted by Crippen LogP contribution is -2.42. The van der Waals surface area contributed by atoms with Crippen molar-refractivity contribution in [2.24, 2.45) is 17.3 Å². The van der Waals surface area contributed by atoms with Gasteiger partial charge in [-0.15, -0.1) is 0 Å². The largest absolute Gasteiger partial charge is 0.481 e. The van der Waals surface area contributed by atoms with Crippen LogP contribution < -0.4 is 0 Å². The number of hydrogen-bond donors (Lipinski definition) is 1. The number of carbonyl (C=O) groups is 2. The second kappa shape index (κ2) is 6.81. The summed E-state index contributed by atoms with van der Waals surface area (Å²) in [6.07, 6.45) is 15.4. The summed E-state index contributed by atoms with van der Waals surface area (Å²) >= 11 is 0. The molecule has 0 aliphatic heterocycles. The summed E-state index contributed by atoms with van der Waals surface area (Å²) < 4.78 is 5.34. The van der Waals surface area contributed by atoms with Crippen LogP contribution in [-0.2, 0) is 9.59 Å². The van der Waals surface area contributed by atoms with Crippen LogP contribution in [0.2, 0.25) is 0 Å². The van der Waals surface area contributed by atoms with E-state index in [0.717, 1.165) is 31.3 Å². The van der Waals surface area contributed by atoms with Gasteiger partial charge in [-0.25, -0.2) is 0 Å². The molecule has 5 rings (SSSR count). The van der Waals surface area contributed by atoms with Crippen LogP contribution in [0, 0.1) is 23.7 Å². The number of aliphatic carboxylic acids is 1. The summed E-state index contributed by atoms with van der Waals surface area (Å²) in [6, 6.07) is 2.07. The summed E-state index contributed by atoms with van der Waals surface area (Å²) in [5.74, 6) is 0.822. The van der Waals surface area contributed by atoms with Gasteiger partial charge in [-0.3, -0.25) is 9.59 Å². The Morgan fingerprint density at radius 2 is 2.07 bits per heavy atom. The van der Waals surface area contributed by atoms with Crippen molar-refractivity contribution in [2.45, 2.75) is 58.3 Å². The van der Waals surface area contributed by atoms with E-state index in [2.05, 4.69) is 25.5 Å². The van der Waals surface area contributed by atoms with E-state index in [0.29, 0.717) is 11.7 Å². The first-order valence-electron chi connectivity index (χ1n) is 9.97. The fourth-order valence-electron chi connectivity index (χ4n) is 5.62. The van der Waals surface area contributed by atoms with E-state index in [9.17, 15) is 4.79 Å². The van der Waals surface area contributed by atoms with Crippen molar-refractivity contribution in [3.8, 4) is 0 Å². The minimum Gasteiger partial charge on any atom is -0.481 e. The molecule has 0 spiro atoms. The molecule has 4 aliphatic rings. The molecule has 1 heterocycles. The van der Waals surface area contributed by atoms with Crippen LogP contribution in [0.25, 0.3) is 0 Å². The second-order valence-electron chi connectivity index (χ2n) is 8.54. The third-order valence-corrected chi connectivity index (χ3v) is 6.85. The predicted molar refractivity (Wildman–Crippen MR) is 102 cm³/mol. The van der Waals surface area contributed by atoms with Gasteiger partial charge in [-0.05, 0) is 67.1 Å². The third kappa shape index (κ3) is 3.19. The Bertz CT molecular complexity index is 809. The lowest BCUT2D eigenvalue weighted by molar-refractivity contribution is -0.134. The lowest BCUT2D eigenvalue weighted by atomic mass is 9.55. The number of Topliss-reactive ketones (excluding diaryl/α,β-unsaturated/α-hetero) is 1. The van der Waals surface area contributed by atoms with E-state index >= 15 is 0 Å². The molecule has 0 aromatic carbocycles. The summed E-state index contributed by atoms with van der Waals surface area (Å²) in [5, 5.41) is 7.42. The third-order valence-electron chi connectivity index (χ3n) is 6.85. The van der Waals surface area contributed by atoms with Crippen LogP contribution >= 0.6 is 0 Å². The smallest absolute Gasteiger partial charge is 0.300 e. The first kappa shape index (κ1) is 18.3. The Hall–Kier alpha value is -2.10. The number of carboxylic acid groups (broad SMARTS) is 1. The molecular weight excluding hydrogens is 340 g/mol. The normalized spacial score (nSPS) is 34.2. The molecule has 4 nitrogen and oxygen atoms in total. The molecule has 27 heavy (non-hydrogen) atoms. The highest BCUT2D eigenvalue weighted by molar-refractivity contribution is 6.08. The Labute approximate surface area is 160 Å². The quantitative estimate of drug-likeness (QED) is 0.703. The number of carboxylic acids is 1. The van der Waals surface area contributed by atoms with Gasteiger partial charge in [0.25, 0.3) is 5.97 Å². The topological polar surface area (TPSA) is 67.5 Å². The molecule has 0 bridgehead atoms. The number of hydrogen-bond acceptors (Lipinski definition) is 3. The number of furan rings is 1. The molecule has 4 aliphatic carbocycles. The number of allylic oxidation sites excluding steroid dienone is 4. The zero-order chi connectivity index (χ0) is 19.2. The van der Waals surface area contributed by atoms with E-state index < -0.39 is 5.97 Å². The molecule has 143 valence electrons. The SMILES string of the molecule is CC(=O)O.C[C@]12C[C@@H](c3ccoc3)C3=C([CH]3)C(=O)[C@@H]1CCC1CCCC=C12. The molecule has 1 aromatic rings. The van der Waals surface area contributed by atoms with Crippen molar-refractivity contribution in [3.63, 3.8) is 0 Å². The molecule has 0 amide bonds. The highest BCUT2D eigenvalue weighted by atomic mass is 16.4. The summed E-state index contributed by atoms with van der Waals surface area (Å²) in [4.78, 5) is 22.1. The van der Waals surface area contributed by atoms with Crippen molar-refractivity contribution in [1.82, 2.24) is 0 Å². The van der Waals surface area contributed by atoms with Crippen LogP contribution in [0.5, 0.6) is 0 Å². The van der Waals surface area contributed by atoms with Crippen LogP contribution in [0.1, 0.15) is 63.9 Å². The standard InChI is InChI=1S/C21H23O2.C2H4O2/c1-21-11-17(14-8-9-23-12-14)15-10-16(15)20(22)19(21)7-6-13-4-2-3-5-18(13)21;1-2(3)4/h5,8-10,12-13,17,19H,2-4,6-7,11H2,1H3;1H3,(H,3,4)/t13?,17-,19-,21+;/m0./s1. The number of fused-ring (bicyclic) bond motifs is 3. The van der Waals surface area contributed by atoms with Gasteiger partial charge in [0.15, 0.2) is 5.78 Å². The van der Waals surface area contributed by atoms with Gasteiger partial charge in [0.2, 0.25) is 0 Å². The first-order chi connectivity index (χ1) is 12.9. The van der Waals surface area contributed by atoms with Gasteiger partial charge in [0.1, 0.15) is 0 Å². The maximum atomic E-state index is 13.1. The Morgan fingerprint density at radius 3 is 2.78 bits per heavy atom. The fourth-order valence-corrected chi connectivity index (χ4v) is 5.62. The van der Waals surface area contributed by atoms with Gasteiger partial charge >= 0.3 is 0 Å². The fraction of sp³-hybridized carbons (Fsp3) is 0.522. The minimum atomic E-state index is -0.833. The molecule has 1 unspecified atom stereocenters. The van der Waals surface area contributed by atoms with E-state index in [1.54, 1.807) is 11.8 Å². The van der Waals surface area contributed by atoms with Gasteiger partial charge in [0.05, 0.1) is 12.5 Å². The van der Waals surface area contributed by atoms with Crippen molar-refractivity contribution in [3.05, 3.63) is 53.4 Å². The molecule has 1 radical (unpaired) electrons. The van der Waals surface area contributed by atoms with Gasteiger partial charge in [-0.1, -0.05) is 18.6 Å². The minimum absolute atomic E-state index is 0.0314. The van der Waals surface area contributed by atoms with E-state index in [-0.39, 0.29) is 11.3 Å². The zero-order valence-electron chi connectivity index (χ0n) is 16.0. The average Bonchev–Trinajstić information content (AvgIpc) is 3.25. The highest BCUT2D eigenvalue weighted by Crippen LogP contribution is 2.61.